The molecule has 6 nitrogen and oxygen atoms in total. The van der Waals surface area contributed by atoms with E-state index in [1.165, 1.54) is 24.1 Å². The minimum absolute atomic E-state index is 0.331. The molecule has 1 aliphatic rings. The van der Waals surface area contributed by atoms with Gasteiger partial charge in [0.2, 0.25) is 0 Å². The van der Waals surface area contributed by atoms with Crippen LogP contribution in [-0.4, -0.2) is 35.5 Å². The second kappa shape index (κ2) is 9.24. The first-order chi connectivity index (χ1) is 14.6. The summed E-state index contributed by atoms with van der Waals surface area (Å²) >= 11 is 1.59. The Balaban J connectivity index is 1.47. The molecule has 0 amide bonds. The van der Waals surface area contributed by atoms with Gasteiger partial charge in [-0.1, -0.05) is 18.6 Å². The third kappa shape index (κ3) is 4.78. The van der Waals surface area contributed by atoms with Crippen molar-refractivity contribution in [3.63, 3.8) is 0 Å². The maximum absolute atomic E-state index is 9.07. The molecule has 1 fully saturated rings. The average molecular weight is 419 g/mol. The molecule has 1 N–H and O–H groups in total. The number of rotatable bonds is 6. The fourth-order valence-corrected chi connectivity index (χ4v) is 4.59. The summed E-state index contributed by atoms with van der Waals surface area (Å²) in [6.45, 7) is 2.02. The summed E-state index contributed by atoms with van der Waals surface area (Å²) in [7, 11) is 4.13. The molecule has 4 rings (SSSR count). The Morgan fingerprint density at radius 2 is 2.07 bits per heavy atom. The van der Waals surface area contributed by atoms with Crippen LogP contribution >= 0.6 is 11.3 Å². The van der Waals surface area contributed by atoms with Gasteiger partial charge >= 0.3 is 0 Å². The lowest BCUT2D eigenvalue weighted by molar-refractivity contribution is 0.138. The number of nitrogens with zero attached hydrogens (tertiary/aromatic N) is 5. The van der Waals surface area contributed by atoms with Crippen molar-refractivity contribution in [1.82, 2.24) is 14.9 Å². The van der Waals surface area contributed by atoms with Crippen molar-refractivity contribution in [3.8, 4) is 6.07 Å². The summed E-state index contributed by atoms with van der Waals surface area (Å²) in [5.74, 6) is 0.649. The Kier molecular flexibility index (Phi) is 6.26. The van der Waals surface area contributed by atoms with Crippen LogP contribution in [0.4, 0.5) is 16.6 Å². The summed E-state index contributed by atoms with van der Waals surface area (Å²) in [6, 6.07) is 14.7. The molecule has 1 aromatic carbocycles. The summed E-state index contributed by atoms with van der Waals surface area (Å²) in [5, 5.41) is 15.3. The van der Waals surface area contributed by atoms with Gasteiger partial charge in [-0.25, -0.2) is 9.97 Å². The lowest BCUT2D eigenvalue weighted by atomic mass is 9.99. The maximum atomic E-state index is 9.07. The van der Waals surface area contributed by atoms with E-state index in [2.05, 4.69) is 69.9 Å². The molecule has 1 saturated heterocycles. The van der Waals surface area contributed by atoms with E-state index in [1.54, 1.807) is 29.7 Å². The van der Waals surface area contributed by atoms with Gasteiger partial charge < -0.3 is 10.2 Å². The van der Waals surface area contributed by atoms with Crippen molar-refractivity contribution in [2.75, 3.05) is 30.9 Å². The molecular weight excluding hydrogens is 392 g/mol. The van der Waals surface area contributed by atoms with Crippen LogP contribution in [0, 0.1) is 11.3 Å². The highest BCUT2D eigenvalue weighted by molar-refractivity contribution is 7.13. The van der Waals surface area contributed by atoms with E-state index in [0.717, 1.165) is 30.3 Å². The van der Waals surface area contributed by atoms with Crippen LogP contribution in [0.25, 0.3) is 0 Å². The third-order valence-electron chi connectivity index (χ3n) is 5.44. The molecule has 2 aromatic heterocycles. The molecule has 30 heavy (non-hydrogen) atoms. The van der Waals surface area contributed by atoms with E-state index < -0.39 is 0 Å². The number of likely N-dealkylation sites (tertiary alicyclic amines) is 1. The highest BCUT2D eigenvalue weighted by atomic mass is 32.1. The van der Waals surface area contributed by atoms with Crippen molar-refractivity contribution in [1.29, 1.82) is 5.26 Å². The highest BCUT2D eigenvalue weighted by Gasteiger charge is 2.26. The SMILES string of the molecule is CN(C)c1ccc(CN2CCCC[C@@H]2c2csc(Nc3cc(C#N)ccn3)n2)cc1. The predicted octanol–water partition coefficient (Wildman–Crippen LogP) is 4.95. The van der Waals surface area contributed by atoms with Crippen LogP contribution < -0.4 is 10.2 Å². The molecule has 7 heteroatoms. The minimum atomic E-state index is 0.331. The summed E-state index contributed by atoms with van der Waals surface area (Å²) in [6.07, 6.45) is 5.22. The topological polar surface area (TPSA) is 68.1 Å². The van der Waals surface area contributed by atoms with Gasteiger partial charge in [0.1, 0.15) is 5.82 Å². The smallest absolute Gasteiger partial charge is 0.188 e. The standard InChI is InChI=1S/C23H26N6S/c1-28(2)19-8-6-17(7-9-19)15-29-12-4-3-5-21(29)20-16-30-23(26-20)27-22-13-18(14-24)10-11-25-22/h6-11,13,16,21H,3-5,12,15H2,1-2H3,(H,25,26,27)/t21-/m1/s1. The molecule has 0 bridgehead atoms. The molecule has 1 atom stereocenters. The average Bonchev–Trinajstić information content (AvgIpc) is 3.23. The van der Waals surface area contributed by atoms with Crippen molar-refractivity contribution in [2.45, 2.75) is 31.8 Å². The number of thiazole rings is 1. The lowest BCUT2D eigenvalue weighted by Gasteiger charge is -2.34. The van der Waals surface area contributed by atoms with E-state index in [-0.39, 0.29) is 0 Å². The molecule has 0 spiro atoms. The van der Waals surface area contributed by atoms with Gasteiger partial charge in [0.05, 0.1) is 23.4 Å². The van der Waals surface area contributed by atoms with Gasteiger partial charge in [0, 0.05) is 37.9 Å². The number of hydrogen-bond acceptors (Lipinski definition) is 7. The molecule has 3 heterocycles. The van der Waals surface area contributed by atoms with E-state index >= 15 is 0 Å². The van der Waals surface area contributed by atoms with Crippen molar-refractivity contribution in [2.24, 2.45) is 0 Å². The van der Waals surface area contributed by atoms with Gasteiger partial charge in [-0.05, 0) is 49.2 Å². The summed E-state index contributed by atoms with van der Waals surface area (Å²) in [4.78, 5) is 13.8. The molecule has 1 aliphatic heterocycles. The zero-order valence-corrected chi connectivity index (χ0v) is 18.2. The zero-order chi connectivity index (χ0) is 20.9. The third-order valence-corrected chi connectivity index (χ3v) is 6.22. The maximum Gasteiger partial charge on any atom is 0.188 e. The van der Waals surface area contributed by atoms with Crippen LogP contribution in [0.3, 0.4) is 0 Å². The lowest BCUT2D eigenvalue weighted by Crippen LogP contribution is -2.33. The van der Waals surface area contributed by atoms with E-state index in [1.807, 2.05) is 0 Å². The molecule has 154 valence electrons. The summed E-state index contributed by atoms with van der Waals surface area (Å²) < 4.78 is 0. The number of nitrogens with one attached hydrogen (secondary N) is 1. The largest absolute Gasteiger partial charge is 0.378 e. The Bertz CT molecular complexity index is 1020. The molecule has 0 aliphatic carbocycles. The van der Waals surface area contributed by atoms with Crippen LogP contribution in [-0.2, 0) is 6.54 Å². The van der Waals surface area contributed by atoms with Gasteiger partial charge in [0.15, 0.2) is 5.13 Å². The zero-order valence-electron chi connectivity index (χ0n) is 17.4. The summed E-state index contributed by atoms with van der Waals surface area (Å²) in [5.41, 5.74) is 4.25. The Morgan fingerprint density at radius 1 is 1.23 bits per heavy atom. The number of aromatic nitrogens is 2. The second-order valence-corrected chi connectivity index (χ2v) is 8.65. The van der Waals surface area contributed by atoms with E-state index in [9.17, 15) is 0 Å². The first kappa shape index (κ1) is 20.3. The molecule has 0 unspecified atom stereocenters. The van der Waals surface area contributed by atoms with Crippen LogP contribution in [0.5, 0.6) is 0 Å². The molecule has 0 radical (unpaired) electrons. The Labute approximate surface area is 181 Å². The molecule has 3 aromatic rings. The first-order valence-electron chi connectivity index (χ1n) is 10.2. The molecular formula is C23H26N6S. The number of anilines is 3. The minimum Gasteiger partial charge on any atom is -0.378 e. The Hall–Kier alpha value is -2.95. The molecule has 0 saturated carbocycles. The van der Waals surface area contributed by atoms with Crippen LogP contribution in [0.15, 0.2) is 48.0 Å². The number of hydrogen-bond donors (Lipinski definition) is 1. The fraction of sp³-hybridized carbons (Fsp3) is 0.348. The number of pyridine rings is 1. The first-order valence-corrected chi connectivity index (χ1v) is 11.1. The number of piperidine rings is 1. The Morgan fingerprint density at radius 3 is 2.83 bits per heavy atom. The second-order valence-electron chi connectivity index (χ2n) is 7.79. The van der Waals surface area contributed by atoms with E-state index in [0.29, 0.717) is 17.4 Å². The number of nitriles is 1. The number of benzene rings is 1. The van der Waals surface area contributed by atoms with Crippen molar-refractivity contribution in [3.05, 3.63) is 64.8 Å². The fourth-order valence-electron chi connectivity index (χ4n) is 3.82. The van der Waals surface area contributed by atoms with Gasteiger partial charge in [-0.3, -0.25) is 4.90 Å². The van der Waals surface area contributed by atoms with Crippen LogP contribution in [0.1, 0.15) is 42.1 Å². The van der Waals surface area contributed by atoms with E-state index in [4.69, 9.17) is 10.2 Å². The van der Waals surface area contributed by atoms with Gasteiger partial charge in [-0.15, -0.1) is 11.3 Å². The van der Waals surface area contributed by atoms with Gasteiger partial charge in [-0.2, -0.15) is 5.26 Å². The van der Waals surface area contributed by atoms with Crippen LogP contribution in [0.2, 0.25) is 0 Å². The highest BCUT2D eigenvalue weighted by Crippen LogP contribution is 2.34. The van der Waals surface area contributed by atoms with Crippen molar-refractivity contribution >= 4 is 28.0 Å². The predicted molar refractivity (Wildman–Crippen MR) is 122 cm³/mol. The van der Waals surface area contributed by atoms with Gasteiger partial charge in [0.25, 0.3) is 0 Å². The normalized spacial score (nSPS) is 16.8. The van der Waals surface area contributed by atoms with Crippen molar-refractivity contribution < 1.29 is 0 Å². The quantitative estimate of drug-likeness (QED) is 0.611. The monoisotopic (exact) mass is 418 g/mol.